The van der Waals surface area contributed by atoms with Crippen LogP contribution < -0.4 is 0 Å². The van der Waals surface area contributed by atoms with Crippen LogP contribution in [-0.2, 0) is 11.3 Å². The van der Waals surface area contributed by atoms with Gasteiger partial charge in [-0.25, -0.2) is 4.98 Å². The fraction of sp³-hybridized carbons (Fsp3) is 0.333. The quantitative estimate of drug-likeness (QED) is 0.791. The minimum Gasteiger partial charge on any atom is -0.481 e. The Labute approximate surface area is 133 Å². The van der Waals surface area contributed by atoms with E-state index in [1.54, 1.807) is 11.8 Å². The van der Waals surface area contributed by atoms with E-state index < -0.39 is 5.97 Å². The van der Waals surface area contributed by atoms with Crippen molar-refractivity contribution in [1.82, 2.24) is 9.55 Å². The topological polar surface area (TPSA) is 55.1 Å². The number of hydrogen-bond donors (Lipinski definition) is 1. The van der Waals surface area contributed by atoms with E-state index in [4.69, 9.17) is 5.11 Å². The first-order valence-corrected chi connectivity index (χ1v) is 8.87. The maximum absolute atomic E-state index is 10.8. The molecule has 1 heterocycles. The Hall–Kier alpha value is -1.40. The molecule has 2 aromatic rings. The first-order chi connectivity index (χ1) is 10.1. The predicted octanol–water partition coefficient (Wildman–Crippen LogP) is 3.48. The molecule has 0 radical (unpaired) electrons. The number of thioether (sulfide) groups is 2. The van der Waals surface area contributed by atoms with E-state index in [1.165, 1.54) is 11.8 Å². The highest BCUT2D eigenvalue weighted by Crippen LogP contribution is 2.27. The number of rotatable bonds is 7. The van der Waals surface area contributed by atoms with Crippen LogP contribution in [0.4, 0.5) is 0 Å². The molecule has 0 aliphatic carbocycles. The Kier molecular flexibility index (Phi) is 5.76. The lowest BCUT2D eigenvalue weighted by Gasteiger charge is -2.15. The van der Waals surface area contributed by atoms with Crippen LogP contribution in [0.25, 0.3) is 11.3 Å². The Morgan fingerprint density at radius 2 is 2.10 bits per heavy atom. The number of nitrogens with zero attached hydrogens (tertiary/aromatic N) is 2. The molecular formula is C15H18N2O2S2. The molecule has 0 aliphatic heterocycles. The second kappa shape index (κ2) is 7.56. The van der Waals surface area contributed by atoms with Crippen molar-refractivity contribution in [1.29, 1.82) is 0 Å². The summed E-state index contributed by atoms with van der Waals surface area (Å²) in [6.45, 7) is 2.97. The Morgan fingerprint density at radius 1 is 1.38 bits per heavy atom. The second-order valence-electron chi connectivity index (χ2n) is 4.63. The number of hydrogen-bond acceptors (Lipinski definition) is 4. The van der Waals surface area contributed by atoms with Crippen LogP contribution in [0.5, 0.6) is 0 Å². The molecule has 0 bridgehead atoms. The van der Waals surface area contributed by atoms with Crippen LogP contribution in [0.3, 0.4) is 0 Å². The normalized spacial score (nSPS) is 12.3. The van der Waals surface area contributed by atoms with Crippen LogP contribution >= 0.6 is 23.5 Å². The Morgan fingerprint density at radius 3 is 2.71 bits per heavy atom. The first kappa shape index (κ1) is 16.0. The molecule has 0 saturated carbocycles. The van der Waals surface area contributed by atoms with Crippen LogP contribution in [0.2, 0.25) is 0 Å². The standard InChI is InChI=1S/C15H18N2O2S2/c1-11(20-2)9-17-13(12-6-4-3-5-7-12)8-16-15(17)21-10-14(18)19/h3-8,11H,9-10H2,1-2H3,(H,18,19). The molecule has 112 valence electrons. The third-order valence-corrected chi connectivity index (χ3v) is 4.98. The van der Waals surface area contributed by atoms with Crippen molar-refractivity contribution in [3.63, 3.8) is 0 Å². The minimum atomic E-state index is -0.825. The number of imidazole rings is 1. The molecule has 1 N–H and O–H groups in total. The monoisotopic (exact) mass is 322 g/mol. The van der Waals surface area contributed by atoms with Gasteiger partial charge in [0.25, 0.3) is 0 Å². The molecule has 0 amide bonds. The van der Waals surface area contributed by atoms with Crippen molar-refractivity contribution in [2.45, 2.75) is 23.9 Å². The zero-order valence-corrected chi connectivity index (χ0v) is 13.7. The molecule has 0 fully saturated rings. The average molecular weight is 322 g/mol. The van der Waals surface area contributed by atoms with E-state index in [1.807, 2.05) is 36.5 Å². The second-order valence-corrected chi connectivity index (χ2v) is 6.85. The van der Waals surface area contributed by atoms with Crippen LogP contribution in [0.15, 0.2) is 41.7 Å². The molecule has 21 heavy (non-hydrogen) atoms. The van der Waals surface area contributed by atoms with E-state index in [0.717, 1.165) is 23.0 Å². The van der Waals surface area contributed by atoms with Gasteiger partial charge in [0.2, 0.25) is 0 Å². The van der Waals surface area contributed by atoms with E-state index in [2.05, 4.69) is 22.7 Å². The molecule has 0 spiro atoms. The van der Waals surface area contributed by atoms with Gasteiger partial charge in [0.05, 0.1) is 17.6 Å². The van der Waals surface area contributed by atoms with E-state index in [0.29, 0.717) is 5.25 Å². The van der Waals surface area contributed by atoms with E-state index in [9.17, 15) is 4.79 Å². The molecule has 1 aromatic carbocycles. The summed E-state index contributed by atoms with van der Waals surface area (Å²) in [6.07, 6.45) is 3.90. The Bertz CT molecular complexity index is 599. The maximum Gasteiger partial charge on any atom is 0.313 e. The summed E-state index contributed by atoms with van der Waals surface area (Å²) < 4.78 is 2.12. The average Bonchev–Trinajstić information content (AvgIpc) is 2.88. The van der Waals surface area contributed by atoms with Crippen molar-refractivity contribution in [3.8, 4) is 11.3 Å². The third-order valence-electron chi connectivity index (χ3n) is 3.06. The molecule has 0 saturated heterocycles. The van der Waals surface area contributed by atoms with Gasteiger partial charge in [0.15, 0.2) is 5.16 Å². The van der Waals surface area contributed by atoms with Gasteiger partial charge in [0.1, 0.15) is 0 Å². The lowest BCUT2D eigenvalue weighted by Crippen LogP contribution is -2.12. The molecule has 6 heteroatoms. The largest absolute Gasteiger partial charge is 0.481 e. The van der Waals surface area contributed by atoms with Gasteiger partial charge in [0, 0.05) is 11.8 Å². The summed E-state index contributed by atoms with van der Waals surface area (Å²) >= 11 is 3.05. The molecule has 4 nitrogen and oxygen atoms in total. The van der Waals surface area contributed by atoms with E-state index >= 15 is 0 Å². The third kappa shape index (κ3) is 4.28. The van der Waals surface area contributed by atoms with Gasteiger partial charge < -0.3 is 9.67 Å². The molecule has 1 atom stereocenters. The molecular weight excluding hydrogens is 304 g/mol. The number of carbonyl (C=O) groups is 1. The zero-order chi connectivity index (χ0) is 15.2. The fourth-order valence-corrected chi connectivity index (χ4v) is 2.95. The van der Waals surface area contributed by atoms with Gasteiger partial charge in [-0.3, -0.25) is 4.79 Å². The number of carboxylic acid groups (broad SMARTS) is 1. The number of aromatic nitrogens is 2. The van der Waals surface area contributed by atoms with Crippen molar-refractivity contribution in [3.05, 3.63) is 36.5 Å². The van der Waals surface area contributed by atoms with Gasteiger partial charge in [-0.05, 0) is 11.8 Å². The van der Waals surface area contributed by atoms with Gasteiger partial charge in [-0.15, -0.1) is 0 Å². The summed E-state index contributed by atoms with van der Waals surface area (Å²) in [5, 5.41) is 10.1. The maximum atomic E-state index is 10.8. The highest BCUT2D eigenvalue weighted by Gasteiger charge is 2.15. The van der Waals surface area contributed by atoms with Gasteiger partial charge in [-0.2, -0.15) is 11.8 Å². The Balaban J connectivity index is 2.33. The number of benzene rings is 1. The van der Waals surface area contributed by atoms with E-state index in [-0.39, 0.29) is 5.75 Å². The summed E-state index contributed by atoms with van der Waals surface area (Å²) in [7, 11) is 0. The highest BCUT2D eigenvalue weighted by atomic mass is 32.2. The van der Waals surface area contributed by atoms with Crippen molar-refractivity contribution in [2.24, 2.45) is 0 Å². The molecule has 1 unspecified atom stereocenters. The lowest BCUT2D eigenvalue weighted by molar-refractivity contribution is -0.133. The van der Waals surface area contributed by atoms with Crippen molar-refractivity contribution >= 4 is 29.5 Å². The summed E-state index contributed by atoms with van der Waals surface area (Å²) in [5.41, 5.74) is 2.13. The van der Waals surface area contributed by atoms with Gasteiger partial charge >= 0.3 is 5.97 Å². The predicted molar refractivity (Wildman–Crippen MR) is 89.0 cm³/mol. The first-order valence-electron chi connectivity index (χ1n) is 6.60. The van der Waals surface area contributed by atoms with Gasteiger partial charge in [-0.1, -0.05) is 49.0 Å². The number of aliphatic carboxylic acids is 1. The molecule has 0 aliphatic rings. The van der Waals surface area contributed by atoms with Crippen LogP contribution in [0.1, 0.15) is 6.92 Å². The fourth-order valence-electron chi connectivity index (χ4n) is 1.95. The summed E-state index contributed by atoms with van der Waals surface area (Å²) in [6, 6.07) is 10.1. The van der Waals surface area contributed by atoms with Crippen molar-refractivity contribution < 1.29 is 9.90 Å². The van der Waals surface area contributed by atoms with Crippen LogP contribution in [0, 0.1) is 0 Å². The smallest absolute Gasteiger partial charge is 0.313 e. The molecule has 1 aromatic heterocycles. The summed E-state index contributed by atoms with van der Waals surface area (Å²) in [4.78, 5) is 15.2. The van der Waals surface area contributed by atoms with Crippen LogP contribution in [-0.4, -0.2) is 37.9 Å². The highest BCUT2D eigenvalue weighted by molar-refractivity contribution is 7.99. The molecule has 2 rings (SSSR count). The minimum absolute atomic E-state index is 0.0267. The zero-order valence-electron chi connectivity index (χ0n) is 12.0. The number of carboxylic acids is 1. The lowest BCUT2D eigenvalue weighted by atomic mass is 10.2. The summed E-state index contributed by atoms with van der Waals surface area (Å²) in [5.74, 6) is -0.799. The SMILES string of the molecule is CSC(C)Cn1c(-c2ccccc2)cnc1SCC(=O)O. The van der Waals surface area contributed by atoms with Crippen molar-refractivity contribution in [2.75, 3.05) is 12.0 Å².